The zero-order chi connectivity index (χ0) is 24.0. The van der Waals surface area contributed by atoms with Crippen molar-refractivity contribution in [2.24, 2.45) is 29.1 Å². The fourth-order valence-corrected chi connectivity index (χ4v) is 7.23. The van der Waals surface area contributed by atoms with Crippen LogP contribution in [0.1, 0.15) is 89.9 Å². The Morgan fingerprint density at radius 1 is 0.794 bits per heavy atom. The van der Waals surface area contributed by atoms with Crippen LogP contribution in [0.2, 0.25) is 0 Å². The summed E-state index contributed by atoms with van der Waals surface area (Å²) in [5, 5.41) is 1.29. The number of allylic oxidation sites excluding steroid dienone is 2. The number of halogens is 2. The second-order valence-corrected chi connectivity index (χ2v) is 11.5. The van der Waals surface area contributed by atoms with E-state index in [1.54, 1.807) is 12.1 Å². The molecule has 4 rings (SSSR count). The van der Waals surface area contributed by atoms with Crippen molar-refractivity contribution in [2.75, 3.05) is 0 Å². The monoisotopic (exact) mass is 466 g/mol. The minimum atomic E-state index is -1.55. The Bertz CT molecular complexity index is 930. The Morgan fingerprint density at radius 2 is 1.38 bits per heavy atom. The Kier molecular flexibility index (Phi) is 8.83. The number of hydrogen-bond acceptors (Lipinski definition) is 0. The molecule has 2 saturated carbocycles. The summed E-state index contributed by atoms with van der Waals surface area (Å²) in [5.41, 5.74) is -0.743. The summed E-state index contributed by atoms with van der Waals surface area (Å²) in [7, 11) is 0. The molecule has 0 radical (unpaired) electrons. The largest absolute Gasteiger partial charge is 0.239 e. The molecule has 2 fully saturated rings. The van der Waals surface area contributed by atoms with Crippen molar-refractivity contribution < 1.29 is 8.78 Å². The first-order chi connectivity index (χ1) is 16.6. The molecule has 3 aliphatic carbocycles. The lowest BCUT2D eigenvalue weighted by molar-refractivity contribution is 0.126. The molecule has 1 aromatic carbocycles. The lowest BCUT2D eigenvalue weighted by Gasteiger charge is -2.40. The highest BCUT2D eigenvalue weighted by atomic mass is 19.2. The quantitative estimate of drug-likeness (QED) is 0.305. The van der Waals surface area contributed by atoms with Crippen LogP contribution in [0.25, 0.3) is 11.9 Å². The summed E-state index contributed by atoms with van der Waals surface area (Å²) in [4.78, 5) is 0. The van der Waals surface area contributed by atoms with Crippen LogP contribution in [-0.4, -0.2) is 6.17 Å². The number of alkyl halides is 1. The maximum absolute atomic E-state index is 15.6. The van der Waals surface area contributed by atoms with E-state index in [0.29, 0.717) is 24.0 Å². The van der Waals surface area contributed by atoms with Gasteiger partial charge in [-0.2, -0.15) is 0 Å². The SMILES string of the molecule is C=CCCC1CCC(C2CCC(CCC3(CCC=C)C=c4ccccc4=C(F)C3F)CC2)CC1. The van der Waals surface area contributed by atoms with Crippen molar-refractivity contribution in [3.63, 3.8) is 0 Å². The van der Waals surface area contributed by atoms with Gasteiger partial charge in [0.15, 0.2) is 6.17 Å². The zero-order valence-corrected chi connectivity index (χ0v) is 21.0. The van der Waals surface area contributed by atoms with Crippen molar-refractivity contribution in [3.05, 3.63) is 60.0 Å². The fraction of sp³-hybridized carbons (Fsp3) is 0.625. The normalized spacial score (nSPS) is 33.6. The van der Waals surface area contributed by atoms with Crippen LogP contribution in [0.3, 0.4) is 0 Å². The average Bonchev–Trinajstić information content (AvgIpc) is 2.88. The molecule has 3 aliphatic rings. The van der Waals surface area contributed by atoms with Crippen LogP contribution in [0.4, 0.5) is 8.78 Å². The predicted molar refractivity (Wildman–Crippen MR) is 141 cm³/mol. The Labute approximate surface area is 205 Å². The van der Waals surface area contributed by atoms with Crippen molar-refractivity contribution in [2.45, 2.75) is 96.1 Å². The first-order valence-corrected chi connectivity index (χ1v) is 13.9. The maximum Gasteiger partial charge on any atom is 0.161 e. The van der Waals surface area contributed by atoms with Gasteiger partial charge in [-0.15, -0.1) is 13.2 Å². The molecule has 2 unspecified atom stereocenters. The summed E-state index contributed by atoms with van der Waals surface area (Å²) in [6, 6.07) is 7.36. The molecule has 0 spiro atoms. The minimum absolute atomic E-state index is 0.434. The molecule has 2 atom stereocenters. The van der Waals surface area contributed by atoms with Crippen LogP contribution in [0.15, 0.2) is 49.6 Å². The van der Waals surface area contributed by atoms with E-state index in [-0.39, 0.29) is 0 Å². The number of rotatable bonds is 10. The molecule has 34 heavy (non-hydrogen) atoms. The molecule has 2 heteroatoms. The van der Waals surface area contributed by atoms with E-state index in [1.165, 1.54) is 64.2 Å². The van der Waals surface area contributed by atoms with Crippen LogP contribution in [0, 0.1) is 29.1 Å². The summed E-state index contributed by atoms with van der Waals surface area (Å²) in [6.07, 6.45) is 20.8. The van der Waals surface area contributed by atoms with E-state index in [2.05, 4.69) is 25.3 Å². The highest BCUT2D eigenvalue weighted by molar-refractivity contribution is 5.54. The first-order valence-electron chi connectivity index (χ1n) is 13.9. The third kappa shape index (κ3) is 5.74. The summed E-state index contributed by atoms with van der Waals surface area (Å²) in [5.74, 6) is 2.80. The molecule has 0 aromatic heterocycles. The smallest absolute Gasteiger partial charge is 0.161 e. The van der Waals surface area contributed by atoms with Gasteiger partial charge in [0.2, 0.25) is 0 Å². The lowest BCUT2D eigenvalue weighted by Crippen LogP contribution is -2.43. The van der Waals surface area contributed by atoms with Gasteiger partial charge in [0, 0.05) is 10.6 Å². The Hall–Kier alpha value is -1.70. The van der Waals surface area contributed by atoms with Crippen LogP contribution in [0.5, 0.6) is 0 Å². The molecule has 0 aliphatic heterocycles. The van der Waals surface area contributed by atoms with Crippen LogP contribution >= 0.6 is 0 Å². The van der Waals surface area contributed by atoms with Gasteiger partial charge in [0.05, 0.1) is 0 Å². The van der Waals surface area contributed by atoms with Gasteiger partial charge in [-0.25, -0.2) is 8.78 Å². The topological polar surface area (TPSA) is 0 Å². The third-order valence-corrected chi connectivity index (χ3v) is 9.45. The van der Waals surface area contributed by atoms with Gasteiger partial charge in [0.25, 0.3) is 0 Å². The number of benzene rings is 1. The maximum atomic E-state index is 15.6. The van der Waals surface area contributed by atoms with Crippen molar-refractivity contribution in [3.8, 4) is 0 Å². The van der Waals surface area contributed by atoms with E-state index in [1.807, 2.05) is 18.2 Å². The van der Waals surface area contributed by atoms with E-state index >= 15 is 8.78 Å². The summed E-state index contributed by atoms with van der Waals surface area (Å²) < 4.78 is 30.7. The highest BCUT2D eigenvalue weighted by Crippen LogP contribution is 2.47. The van der Waals surface area contributed by atoms with Gasteiger partial charge in [-0.1, -0.05) is 68.2 Å². The molecular weight excluding hydrogens is 422 g/mol. The van der Waals surface area contributed by atoms with E-state index < -0.39 is 17.4 Å². The summed E-state index contributed by atoms with van der Waals surface area (Å²) in [6.45, 7) is 7.72. The zero-order valence-electron chi connectivity index (χ0n) is 21.0. The van der Waals surface area contributed by atoms with Gasteiger partial charge in [0.1, 0.15) is 5.83 Å². The van der Waals surface area contributed by atoms with Crippen molar-refractivity contribution >= 4 is 11.9 Å². The van der Waals surface area contributed by atoms with Gasteiger partial charge < -0.3 is 0 Å². The van der Waals surface area contributed by atoms with Crippen molar-refractivity contribution in [1.29, 1.82) is 0 Å². The van der Waals surface area contributed by atoms with E-state index in [4.69, 9.17) is 0 Å². The second kappa shape index (κ2) is 11.8. The Morgan fingerprint density at radius 3 is 2.00 bits per heavy atom. The molecule has 0 nitrogen and oxygen atoms in total. The Balaban J connectivity index is 1.33. The molecule has 186 valence electrons. The molecule has 0 heterocycles. The second-order valence-electron chi connectivity index (χ2n) is 11.5. The standard InChI is InChI=1S/C32H44F2/c1-3-5-9-24-12-16-26(17-13-24)27-18-14-25(15-19-27)20-22-32(21-6-4-2)23-28-10-7-8-11-29(28)30(33)31(32)34/h3-4,7-8,10-11,23-27,31H,1-2,5-6,9,12-22H2. The molecule has 0 bridgehead atoms. The third-order valence-electron chi connectivity index (χ3n) is 9.45. The van der Waals surface area contributed by atoms with Crippen molar-refractivity contribution in [1.82, 2.24) is 0 Å². The van der Waals surface area contributed by atoms with Crippen LogP contribution in [-0.2, 0) is 0 Å². The molecular formula is C32H44F2. The first kappa shape index (κ1) is 25.4. The summed E-state index contributed by atoms with van der Waals surface area (Å²) >= 11 is 0. The predicted octanol–water partition coefficient (Wildman–Crippen LogP) is 8.21. The van der Waals surface area contributed by atoms with Gasteiger partial charge in [-0.05, 0) is 93.1 Å². The molecule has 0 N–H and O–H groups in total. The fourth-order valence-electron chi connectivity index (χ4n) is 7.23. The minimum Gasteiger partial charge on any atom is -0.239 e. The van der Waals surface area contributed by atoms with E-state index in [0.717, 1.165) is 35.8 Å². The average molecular weight is 467 g/mol. The molecule has 1 aromatic rings. The van der Waals surface area contributed by atoms with Gasteiger partial charge in [-0.3, -0.25) is 0 Å². The van der Waals surface area contributed by atoms with E-state index in [9.17, 15) is 0 Å². The molecule has 0 saturated heterocycles. The lowest BCUT2D eigenvalue weighted by atomic mass is 9.66. The molecule has 0 amide bonds. The number of fused-ring (bicyclic) bond motifs is 1. The number of hydrogen-bond donors (Lipinski definition) is 0. The van der Waals surface area contributed by atoms with Gasteiger partial charge >= 0.3 is 0 Å². The highest BCUT2D eigenvalue weighted by Gasteiger charge is 2.42. The van der Waals surface area contributed by atoms with Crippen LogP contribution < -0.4 is 10.4 Å².